The molecule has 1 aromatic rings. The molecule has 0 heterocycles. The second-order valence-corrected chi connectivity index (χ2v) is 3.60. The summed E-state index contributed by atoms with van der Waals surface area (Å²) in [5.41, 5.74) is 6.52. The first-order valence-corrected chi connectivity index (χ1v) is 5.22. The molecule has 0 aliphatic heterocycles. The number of hydrogen-bond acceptors (Lipinski definition) is 3. The third-order valence-electron chi connectivity index (χ3n) is 2.27. The highest BCUT2D eigenvalue weighted by Crippen LogP contribution is 2.14. The molecule has 0 saturated heterocycles. The van der Waals surface area contributed by atoms with Gasteiger partial charge in [0.25, 0.3) is 0 Å². The zero-order valence-electron chi connectivity index (χ0n) is 9.69. The maximum atomic E-state index is 7.22. The number of methoxy groups -OCH3 is 1. The van der Waals surface area contributed by atoms with E-state index in [-0.39, 0.29) is 11.9 Å². The summed E-state index contributed by atoms with van der Waals surface area (Å²) in [6, 6.07) is 7.73. The SMILES string of the molecule is COCCc1ccc(OC(C)C(=N)N)cc1. The van der Waals surface area contributed by atoms with Gasteiger partial charge in [-0.05, 0) is 31.0 Å². The number of nitrogens with one attached hydrogen (secondary N) is 1. The second-order valence-electron chi connectivity index (χ2n) is 3.60. The van der Waals surface area contributed by atoms with Gasteiger partial charge in [-0.25, -0.2) is 0 Å². The van der Waals surface area contributed by atoms with Crippen LogP contribution in [-0.4, -0.2) is 25.7 Å². The van der Waals surface area contributed by atoms with E-state index in [1.807, 2.05) is 24.3 Å². The van der Waals surface area contributed by atoms with Crippen LogP contribution in [0.1, 0.15) is 12.5 Å². The van der Waals surface area contributed by atoms with Gasteiger partial charge in [0.1, 0.15) is 11.6 Å². The zero-order chi connectivity index (χ0) is 12.0. The van der Waals surface area contributed by atoms with Crippen molar-refractivity contribution in [1.29, 1.82) is 5.41 Å². The number of rotatable bonds is 6. The lowest BCUT2D eigenvalue weighted by molar-refractivity contribution is 0.202. The summed E-state index contributed by atoms with van der Waals surface area (Å²) < 4.78 is 10.5. The van der Waals surface area contributed by atoms with Crippen LogP contribution in [0.25, 0.3) is 0 Å². The first-order chi connectivity index (χ1) is 7.63. The van der Waals surface area contributed by atoms with Crippen molar-refractivity contribution in [2.45, 2.75) is 19.4 Å². The van der Waals surface area contributed by atoms with E-state index in [1.165, 1.54) is 5.56 Å². The molecule has 1 rings (SSSR count). The number of amidine groups is 1. The van der Waals surface area contributed by atoms with E-state index in [1.54, 1.807) is 14.0 Å². The monoisotopic (exact) mass is 222 g/mol. The molecular weight excluding hydrogens is 204 g/mol. The van der Waals surface area contributed by atoms with Gasteiger partial charge in [0.05, 0.1) is 6.61 Å². The lowest BCUT2D eigenvalue weighted by Gasteiger charge is -2.13. The average Bonchev–Trinajstić information content (AvgIpc) is 2.28. The number of ether oxygens (including phenoxy) is 2. The molecule has 0 radical (unpaired) electrons. The normalized spacial score (nSPS) is 12.1. The lowest BCUT2D eigenvalue weighted by atomic mass is 10.1. The fraction of sp³-hybridized carbons (Fsp3) is 0.417. The van der Waals surface area contributed by atoms with Gasteiger partial charge in [-0.15, -0.1) is 0 Å². The molecule has 0 aromatic heterocycles. The van der Waals surface area contributed by atoms with E-state index in [4.69, 9.17) is 20.6 Å². The zero-order valence-corrected chi connectivity index (χ0v) is 9.69. The van der Waals surface area contributed by atoms with Gasteiger partial charge in [-0.2, -0.15) is 0 Å². The van der Waals surface area contributed by atoms with Crippen LogP contribution in [0.4, 0.5) is 0 Å². The predicted octanol–water partition coefficient (Wildman–Crippen LogP) is 1.58. The minimum atomic E-state index is -0.384. The van der Waals surface area contributed by atoms with Gasteiger partial charge >= 0.3 is 0 Å². The van der Waals surface area contributed by atoms with Crippen LogP contribution in [0.5, 0.6) is 5.75 Å². The topological polar surface area (TPSA) is 68.3 Å². The number of nitrogens with two attached hydrogens (primary N) is 1. The van der Waals surface area contributed by atoms with E-state index in [0.717, 1.165) is 12.2 Å². The summed E-state index contributed by atoms with van der Waals surface area (Å²) in [4.78, 5) is 0. The van der Waals surface area contributed by atoms with Gasteiger partial charge in [0.15, 0.2) is 6.10 Å². The van der Waals surface area contributed by atoms with Crippen LogP contribution in [0.3, 0.4) is 0 Å². The van der Waals surface area contributed by atoms with Crippen molar-refractivity contribution < 1.29 is 9.47 Å². The van der Waals surface area contributed by atoms with E-state index in [2.05, 4.69) is 0 Å². The van der Waals surface area contributed by atoms with Crippen LogP contribution in [0.2, 0.25) is 0 Å². The Kier molecular flexibility index (Phi) is 4.79. The summed E-state index contributed by atoms with van der Waals surface area (Å²) in [5, 5.41) is 7.22. The maximum absolute atomic E-state index is 7.22. The first-order valence-electron chi connectivity index (χ1n) is 5.22. The second kappa shape index (κ2) is 6.12. The van der Waals surface area contributed by atoms with Crippen LogP contribution in [-0.2, 0) is 11.2 Å². The molecule has 0 spiro atoms. The largest absolute Gasteiger partial charge is 0.483 e. The molecule has 0 aliphatic carbocycles. The highest BCUT2D eigenvalue weighted by Gasteiger charge is 2.06. The molecule has 4 nitrogen and oxygen atoms in total. The molecule has 3 N–H and O–H groups in total. The standard InChI is InChI=1S/C12H18N2O2/c1-9(12(13)14)16-11-5-3-10(4-6-11)7-8-15-2/h3-6,9H,7-8H2,1-2H3,(H3,13,14). The smallest absolute Gasteiger partial charge is 0.152 e. The summed E-state index contributed by atoms with van der Waals surface area (Å²) in [6.45, 7) is 2.46. The van der Waals surface area contributed by atoms with Crippen molar-refractivity contribution in [2.24, 2.45) is 5.73 Å². The fourth-order valence-electron chi connectivity index (χ4n) is 1.22. The Morgan fingerprint density at radius 3 is 2.50 bits per heavy atom. The van der Waals surface area contributed by atoms with Crippen molar-refractivity contribution >= 4 is 5.84 Å². The number of benzene rings is 1. The third kappa shape index (κ3) is 3.90. The molecule has 1 unspecified atom stereocenters. The van der Waals surface area contributed by atoms with Gasteiger partial charge in [0.2, 0.25) is 0 Å². The van der Waals surface area contributed by atoms with E-state index in [0.29, 0.717) is 6.61 Å². The van der Waals surface area contributed by atoms with Crippen molar-refractivity contribution in [3.63, 3.8) is 0 Å². The van der Waals surface area contributed by atoms with E-state index in [9.17, 15) is 0 Å². The molecule has 1 atom stereocenters. The van der Waals surface area contributed by atoms with Crippen molar-refractivity contribution in [2.75, 3.05) is 13.7 Å². The van der Waals surface area contributed by atoms with Crippen molar-refractivity contribution in [3.8, 4) is 5.75 Å². The van der Waals surface area contributed by atoms with Crippen LogP contribution in [0.15, 0.2) is 24.3 Å². The molecule has 4 heteroatoms. The highest BCUT2D eigenvalue weighted by atomic mass is 16.5. The Morgan fingerprint density at radius 1 is 1.38 bits per heavy atom. The quantitative estimate of drug-likeness (QED) is 0.567. The molecule has 0 bridgehead atoms. The van der Waals surface area contributed by atoms with Crippen LogP contribution < -0.4 is 10.5 Å². The van der Waals surface area contributed by atoms with Gasteiger partial charge in [0, 0.05) is 7.11 Å². The number of hydrogen-bond donors (Lipinski definition) is 2. The Hall–Kier alpha value is -1.55. The molecule has 0 aliphatic rings. The van der Waals surface area contributed by atoms with Gasteiger partial charge in [-0.3, -0.25) is 5.41 Å². The lowest BCUT2D eigenvalue weighted by Crippen LogP contribution is -2.29. The maximum Gasteiger partial charge on any atom is 0.152 e. The minimum Gasteiger partial charge on any atom is -0.483 e. The fourth-order valence-corrected chi connectivity index (χ4v) is 1.22. The summed E-state index contributed by atoms with van der Waals surface area (Å²) >= 11 is 0. The Morgan fingerprint density at radius 2 is 2.00 bits per heavy atom. The van der Waals surface area contributed by atoms with Crippen LogP contribution in [0, 0.1) is 5.41 Å². The molecule has 16 heavy (non-hydrogen) atoms. The Labute approximate surface area is 95.9 Å². The van der Waals surface area contributed by atoms with Crippen molar-refractivity contribution in [1.82, 2.24) is 0 Å². The molecule has 0 amide bonds. The summed E-state index contributed by atoms with van der Waals surface area (Å²) in [7, 11) is 1.69. The van der Waals surface area contributed by atoms with Gasteiger partial charge in [-0.1, -0.05) is 12.1 Å². The Balaban J connectivity index is 2.54. The molecule has 1 aromatic carbocycles. The summed E-state index contributed by atoms with van der Waals surface area (Å²) in [5.74, 6) is 0.757. The average molecular weight is 222 g/mol. The summed E-state index contributed by atoms with van der Waals surface area (Å²) in [6.07, 6.45) is 0.504. The highest BCUT2D eigenvalue weighted by molar-refractivity contribution is 5.81. The molecule has 0 fully saturated rings. The minimum absolute atomic E-state index is 0.0310. The first kappa shape index (κ1) is 12.5. The third-order valence-corrected chi connectivity index (χ3v) is 2.27. The van der Waals surface area contributed by atoms with E-state index >= 15 is 0 Å². The van der Waals surface area contributed by atoms with Crippen LogP contribution >= 0.6 is 0 Å². The van der Waals surface area contributed by atoms with Gasteiger partial charge < -0.3 is 15.2 Å². The van der Waals surface area contributed by atoms with Crippen molar-refractivity contribution in [3.05, 3.63) is 29.8 Å². The molecular formula is C12H18N2O2. The predicted molar refractivity (Wildman–Crippen MR) is 64.0 cm³/mol. The molecule has 88 valence electrons. The molecule has 0 saturated carbocycles. The van der Waals surface area contributed by atoms with E-state index < -0.39 is 0 Å². The Bertz CT molecular complexity index is 335.